The van der Waals surface area contributed by atoms with E-state index in [0.29, 0.717) is 43.9 Å². The molecule has 2 atom stereocenters. The van der Waals surface area contributed by atoms with Crippen LogP contribution in [0.1, 0.15) is 86.2 Å². The number of benzene rings is 1. The Morgan fingerprint density at radius 1 is 1.14 bits per heavy atom. The van der Waals surface area contributed by atoms with Gasteiger partial charge in [-0.05, 0) is 93.5 Å². The first kappa shape index (κ1) is 29.3. The molecule has 2 bridgehead atoms. The Morgan fingerprint density at radius 2 is 1.95 bits per heavy atom. The van der Waals surface area contributed by atoms with Crippen LogP contribution in [0.4, 0.5) is 10.2 Å². The predicted octanol–water partition coefficient (Wildman–Crippen LogP) is 5.34. The number of anilines is 1. The standard InChI is InChI=1S/C33H45FN4O4/c1-41-31-28(18-22(19-29(31)34)20-38-25-10-11-26(38)13-12-25)30(33(39)40)37-16-14-27(21-37)42-17-4-2-3-7-24-9-8-23-6-5-15-35-32(23)36-24/h8-9,18-19,25-27,30H,2-7,10-17,20-21H2,1H3,(H,35,36)(H,39,40)/t25?,26?,27-,30?/m1/s1. The van der Waals surface area contributed by atoms with Gasteiger partial charge in [0.15, 0.2) is 11.6 Å². The molecule has 1 aromatic carbocycles. The highest BCUT2D eigenvalue weighted by Gasteiger charge is 2.40. The third-order valence-corrected chi connectivity index (χ3v) is 9.76. The number of fused-ring (bicyclic) bond motifs is 3. The van der Waals surface area contributed by atoms with Crippen molar-refractivity contribution in [1.29, 1.82) is 0 Å². The van der Waals surface area contributed by atoms with Gasteiger partial charge in [-0.15, -0.1) is 0 Å². The molecule has 0 saturated carbocycles. The molecule has 1 unspecified atom stereocenters. The summed E-state index contributed by atoms with van der Waals surface area (Å²) in [5.74, 6) is -0.392. The third kappa shape index (κ3) is 6.43. The molecule has 4 aliphatic rings. The minimum absolute atomic E-state index is 0.0283. The Morgan fingerprint density at radius 3 is 2.71 bits per heavy atom. The number of hydrogen-bond acceptors (Lipinski definition) is 7. The van der Waals surface area contributed by atoms with Crippen molar-refractivity contribution < 1.29 is 23.8 Å². The molecule has 3 fully saturated rings. The first-order valence-corrected chi connectivity index (χ1v) is 15.9. The number of carboxylic acids is 1. The largest absolute Gasteiger partial charge is 0.493 e. The summed E-state index contributed by atoms with van der Waals surface area (Å²) < 4.78 is 26.8. The van der Waals surface area contributed by atoms with Crippen molar-refractivity contribution in [1.82, 2.24) is 14.8 Å². The van der Waals surface area contributed by atoms with E-state index >= 15 is 4.39 Å². The number of ether oxygens (including phenoxy) is 2. The van der Waals surface area contributed by atoms with Gasteiger partial charge in [0.25, 0.3) is 0 Å². The lowest BCUT2D eigenvalue weighted by atomic mass is 10.00. The van der Waals surface area contributed by atoms with Crippen LogP contribution in [0, 0.1) is 5.82 Å². The summed E-state index contributed by atoms with van der Waals surface area (Å²) in [6.45, 7) is 3.41. The fourth-order valence-electron chi connectivity index (χ4n) is 7.62. The lowest BCUT2D eigenvalue weighted by Gasteiger charge is -2.28. The fraction of sp³-hybridized carbons (Fsp3) is 0.636. The predicted molar refractivity (Wildman–Crippen MR) is 159 cm³/mol. The van der Waals surface area contributed by atoms with E-state index in [1.165, 1.54) is 50.8 Å². The zero-order chi connectivity index (χ0) is 29.1. The van der Waals surface area contributed by atoms with Crippen LogP contribution >= 0.6 is 0 Å². The third-order valence-electron chi connectivity index (χ3n) is 9.76. The van der Waals surface area contributed by atoms with Crippen molar-refractivity contribution in [3.8, 4) is 5.75 Å². The molecule has 0 amide bonds. The van der Waals surface area contributed by atoms with Crippen LogP contribution in [0.5, 0.6) is 5.75 Å². The van der Waals surface area contributed by atoms with Crippen LogP contribution in [0.25, 0.3) is 0 Å². The van der Waals surface area contributed by atoms with Crippen LogP contribution < -0.4 is 10.1 Å². The maximum atomic E-state index is 15.2. The second-order valence-corrected chi connectivity index (χ2v) is 12.5. The first-order valence-electron chi connectivity index (χ1n) is 15.9. The highest BCUT2D eigenvalue weighted by atomic mass is 19.1. The SMILES string of the molecule is COc1c(F)cc(CN2C3CCC2CC3)cc1C(C(=O)O)N1CC[C@@H](OCCCCCc2ccc3c(n2)NCCC3)C1. The molecule has 0 aliphatic carbocycles. The van der Waals surface area contributed by atoms with E-state index < -0.39 is 17.8 Å². The van der Waals surface area contributed by atoms with E-state index in [-0.39, 0.29) is 11.9 Å². The summed E-state index contributed by atoms with van der Waals surface area (Å²) >= 11 is 0. The van der Waals surface area contributed by atoms with Gasteiger partial charge in [0.2, 0.25) is 0 Å². The number of nitrogens with one attached hydrogen (secondary N) is 1. The van der Waals surface area contributed by atoms with Crippen LogP contribution in [0.2, 0.25) is 0 Å². The molecule has 0 spiro atoms. The van der Waals surface area contributed by atoms with Crippen LogP contribution in [-0.4, -0.2) is 77.4 Å². The van der Waals surface area contributed by atoms with Crippen molar-refractivity contribution in [2.75, 3.05) is 38.7 Å². The summed E-state index contributed by atoms with van der Waals surface area (Å²) in [6.07, 6.45) is 11.9. The number of unbranched alkanes of at least 4 members (excludes halogenated alkanes) is 2. The smallest absolute Gasteiger partial charge is 0.325 e. The van der Waals surface area contributed by atoms with Gasteiger partial charge in [0.05, 0.1) is 13.2 Å². The Labute approximate surface area is 248 Å². The summed E-state index contributed by atoms with van der Waals surface area (Å²) in [5.41, 5.74) is 3.68. The van der Waals surface area contributed by atoms with Crippen LogP contribution in [0.15, 0.2) is 24.3 Å². The van der Waals surface area contributed by atoms with Crippen LogP contribution in [0.3, 0.4) is 0 Å². The minimum Gasteiger partial charge on any atom is -0.493 e. The van der Waals surface area contributed by atoms with Gasteiger partial charge in [0.1, 0.15) is 11.9 Å². The molecule has 9 heteroatoms. The van der Waals surface area contributed by atoms with Crippen molar-refractivity contribution in [2.45, 2.75) is 101 Å². The van der Waals surface area contributed by atoms with Crippen molar-refractivity contribution >= 4 is 11.8 Å². The zero-order valence-electron chi connectivity index (χ0n) is 24.8. The van der Waals surface area contributed by atoms with Gasteiger partial charge in [-0.25, -0.2) is 9.37 Å². The molecule has 5 heterocycles. The van der Waals surface area contributed by atoms with E-state index in [2.05, 4.69) is 22.3 Å². The van der Waals surface area contributed by atoms with E-state index in [1.54, 1.807) is 0 Å². The molecule has 2 aromatic rings. The Kier molecular flexibility index (Phi) is 9.26. The van der Waals surface area contributed by atoms with Gasteiger partial charge in [-0.2, -0.15) is 0 Å². The maximum absolute atomic E-state index is 15.2. The quantitative estimate of drug-likeness (QED) is 0.307. The number of rotatable bonds is 13. The normalized spacial score (nSPS) is 24.5. The molecule has 228 valence electrons. The van der Waals surface area contributed by atoms with Gasteiger partial charge in [-0.3, -0.25) is 14.6 Å². The number of hydrogen-bond donors (Lipinski definition) is 2. The second-order valence-electron chi connectivity index (χ2n) is 12.5. The summed E-state index contributed by atoms with van der Waals surface area (Å²) in [7, 11) is 1.41. The number of methoxy groups -OCH3 is 1. The molecular formula is C33H45FN4O4. The number of carbonyl (C=O) groups is 1. The topological polar surface area (TPSA) is 87.2 Å². The van der Waals surface area contributed by atoms with Gasteiger partial charge in [-0.1, -0.05) is 12.5 Å². The molecular weight excluding hydrogens is 535 g/mol. The first-order chi connectivity index (χ1) is 20.5. The van der Waals surface area contributed by atoms with E-state index in [9.17, 15) is 9.90 Å². The van der Waals surface area contributed by atoms with E-state index in [1.807, 2.05) is 11.0 Å². The number of aryl methyl sites for hydroxylation is 2. The van der Waals surface area contributed by atoms with E-state index in [0.717, 1.165) is 62.1 Å². The van der Waals surface area contributed by atoms with Crippen molar-refractivity contribution in [3.05, 3.63) is 52.5 Å². The molecule has 2 N–H and O–H groups in total. The maximum Gasteiger partial charge on any atom is 0.325 e. The molecule has 4 aliphatic heterocycles. The molecule has 0 radical (unpaired) electrons. The number of pyridine rings is 1. The number of aliphatic carboxylic acids is 1. The van der Waals surface area contributed by atoms with Gasteiger partial charge in [0, 0.05) is 56.1 Å². The molecule has 8 nitrogen and oxygen atoms in total. The molecule has 3 saturated heterocycles. The Bertz CT molecular complexity index is 1240. The zero-order valence-corrected chi connectivity index (χ0v) is 24.8. The minimum atomic E-state index is -0.988. The summed E-state index contributed by atoms with van der Waals surface area (Å²) in [4.78, 5) is 21.8. The molecule has 1 aromatic heterocycles. The number of halogens is 1. The molecule has 42 heavy (non-hydrogen) atoms. The second kappa shape index (κ2) is 13.3. The average molecular weight is 581 g/mol. The van der Waals surface area contributed by atoms with Crippen molar-refractivity contribution in [2.24, 2.45) is 0 Å². The number of carboxylic acid groups (broad SMARTS) is 1. The van der Waals surface area contributed by atoms with Gasteiger partial charge >= 0.3 is 5.97 Å². The van der Waals surface area contributed by atoms with E-state index in [4.69, 9.17) is 14.5 Å². The Balaban J connectivity index is 1.01. The Hall–Kier alpha value is -2.75. The monoisotopic (exact) mass is 580 g/mol. The highest BCUT2D eigenvalue weighted by molar-refractivity contribution is 5.77. The fourth-order valence-corrected chi connectivity index (χ4v) is 7.62. The average Bonchev–Trinajstić information content (AvgIpc) is 3.71. The number of aromatic nitrogens is 1. The lowest BCUT2D eigenvalue weighted by Crippen LogP contribution is -2.34. The summed E-state index contributed by atoms with van der Waals surface area (Å²) in [6, 6.07) is 7.90. The highest BCUT2D eigenvalue weighted by Crippen LogP contribution is 2.40. The number of likely N-dealkylation sites (tertiary alicyclic amines) is 1. The number of nitrogens with zero attached hydrogens (tertiary/aromatic N) is 3. The summed E-state index contributed by atoms with van der Waals surface area (Å²) in [5, 5.41) is 13.7. The van der Waals surface area contributed by atoms with Crippen molar-refractivity contribution in [3.63, 3.8) is 0 Å². The van der Waals surface area contributed by atoms with Crippen LogP contribution in [-0.2, 0) is 28.9 Å². The molecule has 6 rings (SSSR count). The lowest BCUT2D eigenvalue weighted by molar-refractivity contribution is -0.143. The van der Waals surface area contributed by atoms with Gasteiger partial charge < -0.3 is 19.9 Å².